The Hall–Kier alpha value is -1.51. The molecule has 1 atom stereocenters. The molecule has 0 saturated heterocycles. The number of rotatable bonds is 4. The minimum atomic E-state index is 0.285. The van der Waals surface area contributed by atoms with Gasteiger partial charge in [0.15, 0.2) is 5.96 Å². The largest absolute Gasteiger partial charge is 0.354 e. The predicted octanol–water partition coefficient (Wildman–Crippen LogP) is 2.47. The molecule has 0 radical (unpaired) electrons. The van der Waals surface area contributed by atoms with Crippen LogP contribution in [-0.2, 0) is 0 Å². The first kappa shape index (κ1) is 12.0. The molecule has 1 unspecified atom stereocenters. The molecule has 1 aliphatic carbocycles. The highest BCUT2D eigenvalue weighted by molar-refractivity contribution is 5.80. The molecule has 3 nitrogen and oxygen atoms in total. The fourth-order valence-corrected chi connectivity index (χ4v) is 1.74. The van der Waals surface area contributed by atoms with Crippen LogP contribution in [0.3, 0.4) is 0 Å². The molecule has 1 aromatic carbocycles. The van der Waals surface area contributed by atoms with E-state index in [1.54, 1.807) is 0 Å². The maximum atomic E-state index is 4.46. The van der Waals surface area contributed by atoms with E-state index in [0.29, 0.717) is 6.04 Å². The number of guanidine groups is 1. The number of hydrogen-bond donors (Lipinski definition) is 2. The van der Waals surface area contributed by atoms with Crippen molar-refractivity contribution in [2.24, 2.45) is 4.99 Å². The van der Waals surface area contributed by atoms with Crippen LogP contribution in [0.15, 0.2) is 35.3 Å². The van der Waals surface area contributed by atoms with Crippen LogP contribution in [0, 0.1) is 0 Å². The highest BCUT2D eigenvalue weighted by Gasteiger charge is 2.22. The van der Waals surface area contributed by atoms with Gasteiger partial charge in [-0.05, 0) is 32.3 Å². The minimum absolute atomic E-state index is 0.285. The van der Waals surface area contributed by atoms with Crippen LogP contribution in [0.2, 0.25) is 0 Å². The lowest BCUT2D eigenvalue weighted by Gasteiger charge is -2.18. The first-order chi connectivity index (χ1) is 8.29. The zero-order valence-corrected chi connectivity index (χ0v) is 10.6. The quantitative estimate of drug-likeness (QED) is 0.617. The maximum absolute atomic E-state index is 4.46. The lowest BCUT2D eigenvalue weighted by Crippen LogP contribution is -2.40. The van der Waals surface area contributed by atoms with Crippen LogP contribution in [-0.4, -0.2) is 18.5 Å². The van der Waals surface area contributed by atoms with Gasteiger partial charge in [0, 0.05) is 12.6 Å². The number of benzene rings is 1. The fourth-order valence-electron chi connectivity index (χ4n) is 1.74. The van der Waals surface area contributed by atoms with Crippen LogP contribution in [0.25, 0.3) is 0 Å². The van der Waals surface area contributed by atoms with Crippen LogP contribution in [0.5, 0.6) is 0 Å². The molecule has 92 valence electrons. The fraction of sp³-hybridized carbons (Fsp3) is 0.500. The zero-order valence-electron chi connectivity index (χ0n) is 10.6. The summed E-state index contributed by atoms with van der Waals surface area (Å²) in [5, 5.41) is 6.88. The van der Waals surface area contributed by atoms with E-state index in [2.05, 4.69) is 53.7 Å². The topological polar surface area (TPSA) is 36.4 Å². The van der Waals surface area contributed by atoms with Crippen LogP contribution in [0.4, 0.5) is 0 Å². The summed E-state index contributed by atoms with van der Waals surface area (Å²) in [5.74, 6) is 0.936. The Kier molecular flexibility index (Phi) is 4.02. The Morgan fingerprint density at radius 2 is 2.06 bits per heavy atom. The van der Waals surface area contributed by atoms with Gasteiger partial charge < -0.3 is 10.6 Å². The average Bonchev–Trinajstić information content (AvgIpc) is 3.14. The smallest absolute Gasteiger partial charge is 0.191 e. The summed E-state index contributed by atoms with van der Waals surface area (Å²) in [6, 6.07) is 11.4. The van der Waals surface area contributed by atoms with Gasteiger partial charge in [-0.25, -0.2) is 0 Å². The van der Waals surface area contributed by atoms with Crippen molar-refractivity contribution in [1.82, 2.24) is 10.6 Å². The number of nitrogens with zero attached hydrogens (tertiary/aromatic N) is 1. The number of nitrogens with one attached hydrogen (secondary N) is 2. The highest BCUT2D eigenvalue weighted by Crippen LogP contribution is 2.19. The van der Waals surface area contributed by atoms with Gasteiger partial charge in [0.2, 0.25) is 0 Å². The first-order valence-corrected chi connectivity index (χ1v) is 6.42. The summed E-state index contributed by atoms with van der Waals surface area (Å²) in [6.45, 7) is 5.03. The molecule has 1 aliphatic rings. The third kappa shape index (κ3) is 3.77. The second kappa shape index (κ2) is 5.71. The van der Waals surface area contributed by atoms with Gasteiger partial charge in [-0.15, -0.1) is 0 Å². The van der Waals surface area contributed by atoms with Crippen LogP contribution in [0.1, 0.15) is 38.3 Å². The Morgan fingerprint density at radius 3 is 2.65 bits per heavy atom. The Labute approximate surface area is 103 Å². The molecular formula is C14H21N3. The van der Waals surface area contributed by atoms with Crippen LogP contribution < -0.4 is 10.6 Å². The zero-order chi connectivity index (χ0) is 12.1. The molecule has 0 aromatic heterocycles. The van der Waals surface area contributed by atoms with E-state index in [9.17, 15) is 0 Å². The van der Waals surface area contributed by atoms with E-state index >= 15 is 0 Å². The van der Waals surface area contributed by atoms with E-state index in [4.69, 9.17) is 0 Å². The second-order valence-electron chi connectivity index (χ2n) is 4.52. The Balaban J connectivity index is 1.94. The van der Waals surface area contributed by atoms with Gasteiger partial charge >= 0.3 is 0 Å². The lowest BCUT2D eigenvalue weighted by molar-refractivity contribution is 0.682. The van der Waals surface area contributed by atoms with Gasteiger partial charge in [-0.2, -0.15) is 0 Å². The lowest BCUT2D eigenvalue weighted by atomic mass is 10.1. The molecule has 0 heterocycles. The van der Waals surface area contributed by atoms with Crippen molar-refractivity contribution in [2.45, 2.75) is 38.8 Å². The normalized spacial score (nSPS) is 17.6. The van der Waals surface area contributed by atoms with Crippen molar-refractivity contribution >= 4 is 5.96 Å². The summed E-state index contributed by atoms with van der Waals surface area (Å²) in [5.41, 5.74) is 1.29. The third-order valence-corrected chi connectivity index (χ3v) is 2.89. The molecule has 0 bridgehead atoms. The van der Waals surface area contributed by atoms with Gasteiger partial charge in [0.25, 0.3) is 0 Å². The van der Waals surface area contributed by atoms with Gasteiger partial charge in [0.05, 0.1) is 6.04 Å². The summed E-state index contributed by atoms with van der Waals surface area (Å²) in [7, 11) is 0. The predicted molar refractivity (Wildman–Crippen MR) is 72.1 cm³/mol. The first-order valence-electron chi connectivity index (χ1n) is 6.42. The molecule has 1 aromatic rings. The van der Waals surface area contributed by atoms with Crippen molar-refractivity contribution in [1.29, 1.82) is 0 Å². The molecule has 1 saturated carbocycles. The molecule has 17 heavy (non-hydrogen) atoms. The minimum Gasteiger partial charge on any atom is -0.354 e. The molecule has 0 amide bonds. The van der Waals surface area contributed by atoms with E-state index in [1.165, 1.54) is 18.4 Å². The summed E-state index contributed by atoms with van der Waals surface area (Å²) in [4.78, 5) is 4.46. The van der Waals surface area contributed by atoms with Gasteiger partial charge in [-0.3, -0.25) is 4.99 Å². The van der Waals surface area contributed by atoms with Crippen molar-refractivity contribution in [3.63, 3.8) is 0 Å². The van der Waals surface area contributed by atoms with E-state index < -0.39 is 0 Å². The number of aliphatic imine (C=N–C) groups is 1. The SMILES string of the molecule is CCN=C(NC1CC1)NC(C)c1ccccc1. The van der Waals surface area contributed by atoms with E-state index in [0.717, 1.165) is 12.5 Å². The molecule has 3 heteroatoms. The van der Waals surface area contributed by atoms with Crippen molar-refractivity contribution < 1.29 is 0 Å². The summed E-state index contributed by atoms with van der Waals surface area (Å²) >= 11 is 0. The number of hydrogen-bond acceptors (Lipinski definition) is 1. The molecule has 0 aliphatic heterocycles. The average molecular weight is 231 g/mol. The Morgan fingerprint density at radius 1 is 1.35 bits per heavy atom. The summed E-state index contributed by atoms with van der Waals surface area (Å²) < 4.78 is 0. The second-order valence-corrected chi connectivity index (χ2v) is 4.52. The van der Waals surface area contributed by atoms with Gasteiger partial charge in [-0.1, -0.05) is 30.3 Å². The highest BCUT2D eigenvalue weighted by atomic mass is 15.2. The molecule has 1 fully saturated rings. The van der Waals surface area contributed by atoms with Crippen molar-refractivity contribution in [3.8, 4) is 0 Å². The molecule has 2 N–H and O–H groups in total. The molecule has 2 rings (SSSR count). The van der Waals surface area contributed by atoms with E-state index in [-0.39, 0.29) is 6.04 Å². The van der Waals surface area contributed by atoms with E-state index in [1.807, 2.05) is 6.07 Å². The maximum Gasteiger partial charge on any atom is 0.191 e. The molecular weight excluding hydrogens is 210 g/mol. The monoisotopic (exact) mass is 231 g/mol. The van der Waals surface area contributed by atoms with Crippen LogP contribution >= 0.6 is 0 Å². The Bertz CT molecular complexity index is 368. The third-order valence-electron chi connectivity index (χ3n) is 2.89. The van der Waals surface area contributed by atoms with Crippen molar-refractivity contribution in [3.05, 3.63) is 35.9 Å². The van der Waals surface area contributed by atoms with Gasteiger partial charge in [0.1, 0.15) is 0 Å². The van der Waals surface area contributed by atoms with Crippen molar-refractivity contribution in [2.75, 3.05) is 6.54 Å². The molecule has 0 spiro atoms. The standard InChI is InChI=1S/C14H21N3/c1-3-15-14(17-13-9-10-13)16-11(2)12-7-5-4-6-8-12/h4-8,11,13H,3,9-10H2,1-2H3,(H2,15,16,17). The summed E-state index contributed by atoms with van der Waals surface area (Å²) in [6.07, 6.45) is 2.54.